The van der Waals surface area contributed by atoms with Crippen LogP contribution < -0.4 is 10.5 Å². The Hall–Kier alpha value is -2.63. The molecule has 0 spiro atoms. The topological polar surface area (TPSA) is 63.7 Å². The molecule has 1 aliphatic heterocycles. The first kappa shape index (κ1) is 17.2. The zero-order chi connectivity index (χ0) is 17.6. The lowest BCUT2D eigenvalue weighted by molar-refractivity contribution is 0.270. The molecule has 1 saturated heterocycles. The summed E-state index contributed by atoms with van der Waals surface area (Å²) in [7, 11) is 0. The number of likely N-dealkylation sites (tertiary alicyclic amines) is 1. The molecule has 2 aromatic rings. The average Bonchev–Trinajstić information content (AvgIpc) is 2.61. The van der Waals surface area contributed by atoms with Crippen LogP contribution >= 0.6 is 0 Å². The van der Waals surface area contributed by atoms with E-state index < -0.39 is 0 Å². The molecule has 1 unspecified atom stereocenters. The maximum Gasteiger partial charge on any atom is 0.224 e. The second-order valence-corrected chi connectivity index (χ2v) is 6.39. The fraction of sp³-hybridized carbons (Fsp3) is 0.368. The molecule has 0 radical (unpaired) electrons. The van der Waals surface area contributed by atoms with Gasteiger partial charge in [-0.2, -0.15) is 0 Å². The molecule has 0 aliphatic carbocycles. The predicted molar refractivity (Wildman–Crippen MR) is 96.0 cm³/mol. The molecule has 1 aliphatic rings. The molecule has 1 aromatic heterocycles. The van der Waals surface area contributed by atoms with Crippen molar-refractivity contribution in [2.45, 2.75) is 26.3 Å². The summed E-state index contributed by atoms with van der Waals surface area (Å²) in [5, 5.41) is 0. The molecule has 6 heteroatoms. The number of hydrogen-bond acceptors (Lipinski definition) is 3. The van der Waals surface area contributed by atoms with E-state index in [1.807, 2.05) is 12.1 Å². The molecule has 5 nitrogen and oxygen atoms in total. The monoisotopic (exact) mass is 342 g/mol. The van der Waals surface area contributed by atoms with E-state index in [2.05, 4.69) is 21.8 Å². The molecular formula is C19H23FN4O. The van der Waals surface area contributed by atoms with E-state index in [1.165, 1.54) is 18.6 Å². The first-order valence-corrected chi connectivity index (χ1v) is 8.54. The van der Waals surface area contributed by atoms with Crippen molar-refractivity contribution in [3.63, 3.8) is 0 Å². The summed E-state index contributed by atoms with van der Waals surface area (Å²) in [6, 6.07) is 9.69. The van der Waals surface area contributed by atoms with Crippen molar-refractivity contribution in [2.75, 3.05) is 13.1 Å². The lowest BCUT2D eigenvalue weighted by Crippen LogP contribution is -2.43. The molecule has 25 heavy (non-hydrogen) atoms. The zero-order valence-electron chi connectivity index (χ0n) is 14.4. The van der Waals surface area contributed by atoms with Gasteiger partial charge in [0.2, 0.25) is 5.88 Å². The Morgan fingerprint density at radius 3 is 3.08 bits per heavy atom. The third-order valence-electron chi connectivity index (χ3n) is 4.25. The number of aliphatic imine (C=N–C) groups is 1. The predicted octanol–water partition coefficient (Wildman–Crippen LogP) is 3.56. The Morgan fingerprint density at radius 1 is 1.40 bits per heavy atom. The fourth-order valence-electron chi connectivity index (χ4n) is 2.94. The lowest BCUT2D eigenvalue weighted by Gasteiger charge is -2.31. The molecule has 2 heterocycles. The van der Waals surface area contributed by atoms with Gasteiger partial charge in [-0.3, -0.25) is 0 Å². The molecule has 1 aromatic carbocycles. The second kappa shape index (κ2) is 7.96. The highest BCUT2D eigenvalue weighted by Crippen LogP contribution is 2.24. The maximum atomic E-state index is 13.3. The van der Waals surface area contributed by atoms with E-state index in [0.717, 1.165) is 25.1 Å². The van der Waals surface area contributed by atoms with Gasteiger partial charge in [0.25, 0.3) is 0 Å². The summed E-state index contributed by atoms with van der Waals surface area (Å²) in [5.41, 5.74) is 6.95. The van der Waals surface area contributed by atoms with Crippen molar-refractivity contribution in [3.05, 3.63) is 54.0 Å². The first-order valence-electron chi connectivity index (χ1n) is 8.54. The normalized spacial score (nSPS) is 18.2. The molecule has 2 N–H and O–H groups in total. The van der Waals surface area contributed by atoms with E-state index in [-0.39, 0.29) is 5.82 Å². The van der Waals surface area contributed by atoms with Crippen LogP contribution in [-0.2, 0) is 6.54 Å². The summed E-state index contributed by atoms with van der Waals surface area (Å²) >= 11 is 0. The van der Waals surface area contributed by atoms with Crippen molar-refractivity contribution in [1.82, 2.24) is 9.88 Å². The molecule has 0 bridgehead atoms. The van der Waals surface area contributed by atoms with Crippen LogP contribution in [0, 0.1) is 11.7 Å². The molecule has 0 amide bonds. The number of ether oxygens (including phenoxy) is 1. The van der Waals surface area contributed by atoms with Crippen molar-refractivity contribution >= 4 is 5.96 Å². The van der Waals surface area contributed by atoms with Crippen LogP contribution in [0.4, 0.5) is 4.39 Å². The van der Waals surface area contributed by atoms with Crippen LogP contribution in [-0.4, -0.2) is 28.9 Å². The number of benzene rings is 1. The van der Waals surface area contributed by atoms with Crippen LogP contribution in [0.3, 0.4) is 0 Å². The fourth-order valence-corrected chi connectivity index (χ4v) is 2.94. The summed E-state index contributed by atoms with van der Waals surface area (Å²) in [6.45, 7) is 4.48. The smallest absolute Gasteiger partial charge is 0.224 e. The van der Waals surface area contributed by atoms with Gasteiger partial charge in [-0.05, 0) is 37.0 Å². The SMILES string of the molecule is CC1CCCN(C(N)=NCc2cccnc2Oc2cccc(F)c2)C1. The van der Waals surface area contributed by atoms with E-state index >= 15 is 0 Å². The quantitative estimate of drug-likeness (QED) is 0.682. The van der Waals surface area contributed by atoms with Crippen molar-refractivity contribution in [1.29, 1.82) is 0 Å². The highest BCUT2D eigenvalue weighted by molar-refractivity contribution is 5.78. The van der Waals surface area contributed by atoms with Gasteiger partial charge < -0.3 is 15.4 Å². The Balaban J connectivity index is 1.71. The number of pyridine rings is 1. The minimum absolute atomic E-state index is 0.350. The van der Waals surface area contributed by atoms with E-state index in [0.29, 0.717) is 30.1 Å². The van der Waals surface area contributed by atoms with Gasteiger partial charge in [-0.25, -0.2) is 14.4 Å². The Bertz CT molecular complexity index is 750. The average molecular weight is 342 g/mol. The van der Waals surface area contributed by atoms with Gasteiger partial charge >= 0.3 is 0 Å². The van der Waals surface area contributed by atoms with Gasteiger partial charge in [0, 0.05) is 30.9 Å². The van der Waals surface area contributed by atoms with E-state index in [9.17, 15) is 4.39 Å². The summed E-state index contributed by atoms with van der Waals surface area (Å²) in [5.74, 6) is 1.65. The summed E-state index contributed by atoms with van der Waals surface area (Å²) < 4.78 is 19.0. The van der Waals surface area contributed by atoms with Crippen LogP contribution in [0.2, 0.25) is 0 Å². The number of hydrogen-bond donors (Lipinski definition) is 1. The van der Waals surface area contributed by atoms with Crippen LogP contribution in [0.1, 0.15) is 25.3 Å². The highest BCUT2D eigenvalue weighted by Gasteiger charge is 2.17. The minimum Gasteiger partial charge on any atom is -0.439 e. The molecular weight excluding hydrogens is 319 g/mol. The largest absolute Gasteiger partial charge is 0.439 e. The Kier molecular flexibility index (Phi) is 5.48. The van der Waals surface area contributed by atoms with Crippen molar-refractivity contribution < 1.29 is 9.13 Å². The summed E-state index contributed by atoms with van der Waals surface area (Å²) in [6.07, 6.45) is 4.01. The second-order valence-electron chi connectivity index (χ2n) is 6.39. The standard InChI is InChI=1S/C19H23FN4O/c1-14-5-4-10-24(13-14)19(21)23-12-15-6-3-9-22-18(15)25-17-8-2-7-16(20)11-17/h2-3,6-9,11,14H,4-5,10,12-13H2,1H3,(H2,21,23). The van der Waals surface area contributed by atoms with Gasteiger partial charge in [-0.1, -0.05) is 19.1 Å². The van der Waals surface area contributed by atoms with Gasteiger partial charge in [0.1, 0.15) is 11.6 Å². The number of aromatic nitrogens is 1. The summed E-state index contributed by atoms with van der Waals surface area (Å²) in [4.78, 5) is 10.9. The number of piperidine rings is 1. The molecule has 3 rings (SSSR count). The number of nitrogens with zero attached hydrogens (tertiary/aromatic N) is 3. The van der Waals surface area contributed by atoms with E-state index in [4.69, 9.17) is 10.5 Å². The molecule has 132 valence electrons. The van der Waals surface area contributed by atoms with Gasteiger partial charge in [0.15, 0.2) is 5.96 Å². The van der Waals surface area contributed by atoms with Crippen LogP contribution in [0.5, 0.6) is 11.6 Å². The molecule has 1 fully saturated rings. The Morgan fingerprint density at radius 2 is 2.28 bits per heavy atom. The zero-order valence-corrected chi connectivity index (χ0v) is 14.4. The number of guanidine groups is 1. The van der Waals surface area contributed by atoms with Crippen LogP contribution in [0.25, 0.3) is 0 Å². The van der Waals surface area contributed by atoms with Crippen molar-refractivity contribution in [2.24, 2.45) is 16.6 Å². The molecule has 0 saturated carbocycles. The lowest BCUT2D eigenvalue weighted by atomic mass is 10.0. The van der Waals surface area contributed by atoms with Crippen LogP contribution in [0.15, 0.2) is 47.6 Å². The van der Waals surface area contributed by atoms with E-state index in [1.54, 1.807) is 18.3 Å². The minimum atomic E-state index is -0.350. The third-order valence-corrected chi connectivity index (χ3v) is 4.25. The molecule has 1 atom stereocenters. The first-order chi connectivity index (χ1) is 12.1. The number of halogens is 1. The maximum absolute atomic E-state index is 13.3. The number of nitrogens with two attached hydrogens (primary N) is 1. The van der Waals surface area contributed by atoms with Gasteiger partial charge in [-0.15, -0.1) is 0 Å². The van der Waals surface area contributed by atoms with Crippen molar-refractivity contribution in [3.8, 4) is 11.6 Å². The third kappa shape index (κ3) is 4.68. The van der Waals surface area contributed by atoms with Gasteiger partial charge in [0.05, 0.1) is 6.54 Å². The number of rotatable bonds is 4. The highest BCUT2D eigenvalue weighted by atomic mass is 19.1. The Labute approximate surface area is 147 Å².